The number of aliphatic hydroxyl groups excluding tert-OH is 2. The minimum atomic E-state index is -2.27. The summed E-state index contributed by atoms with van der Waals surface area (Å²) in [4.78, 5) is 38.1. The molecule has 0 bridgehead atoms. The molecule has 0 aromatic rings. The monoisotopic (exact) mass is 494 g/mol. The number of Topliss-reactive ketones (excluding diaryl/α,β-unsaturated/α-hetero) is 1. The minimum absolute atomic E-state index is 0.0705. The number of fused-ring (bicyclic) bond motifs is 5. The van der Waals surface area contributed by atoms with Gasteiger partial charge in [-0.1, -0.05) is 33.3 Å². The maximum absolute atomic E-state index is 17.3. The van der Waals surface area contributed by atoms with Gasteiger partial charge in [0, 0.05) is 29.1 Å². The molecule has 35 heavy (non-hydrogen) atoms. The van der Waals surface area contributed by atoms with Crippen molar-refractivity contribution in [2.45, 2.75) is 90.0 Å². The number of ether oxygens (including phenoxy) is 1. The Balaban J connectivity index is 1.82. The van der Waals surface area contributed by atoms with Crippen LogP contribution < -0.4 is 0 Å². The summed E-state index contributed by atoms with van der Waals surface area (Å²) in [6, 6.07) is 0. The lowest BCUT2D eigenvalue weighted by Gasteiger charge is -2.62. The first-order valence-corrected chi connectivity index (χ1v) is 12.7. The molecule has 4 aliphatic carbocycles. The fourth-order valence-corrected chi connectivity index (χ4v) is 8.15. The van der Waals surface area contributed by atoms with E-state index < -0.39 is 75.9 Å². The lowest BCUT2D eigenvalue weighted by molar-refractivity contribution is -0.228. The van der Waals surface area contributed by atoms with Crippen LogP contribution >= 0.6 is 0 Å². The third-order valence-electron chi connectivity index (χ3n) is 9.84. The van der Waals surface area contributed by atoms with E-state index >= 15 is 4.39 Å². The molecule has 0 aromatic carbocycles. The second-order valence-corrected chi connectivity index (χ2v) is 11.4. The Morgan fingerprint density at radius 1 is 1.26 bits per heavy atom. The highest BCUT2D eigenvalue weighted by Gasteiger charge is 2.77. The Morgan fingerprint density at radius 2 is 1.94 bits per heavy atom. The average molecular weight is 495 g/mol. The van der Waals surface area contributed by atoms with Gasteiger partial charge >= 0.3 is 5.97 Å². The number of halogens is 2. The van der Waals surface area contributed by atoms with E-state index in [-0.39, 0.29) is 31.3 Å². The van der Waals surface area contributed by atoms with Gasteiger partial charge in [-0.2, -0.15) is 0 Å². The molecule has 3 fully saturated rings. The molecule has 4 rings (SSSR count). The molecule has 2 N–H and O–H groups in total. The first kappa shape index (κ1) is 26.1. The molecule has 0 aliphatic heterocycles. The third kappa shape index (κ3) is 3.21. The van der Waals surface area contributed by atoms with Gasteiger partial charge < -0.3 is 14.9 Å². The van der Waals surface area contributed by atoms with Crippen molar-refractivity contribution in [2.75, 3.05) is 6.61 Å². The molecule has 0 heterocycles. The Bertz CT molecular complexity index is 1010. The summed E-state index contributed by atoms with van der Waals surface area (Å²) < 4.78 is 38.1. The molecule has 8 heteroatoms. The summed E-state index contributed by atoms with van der Waals surface area (Å²) in [5.41, 5.74) is -6.54. The number of alkyl halides is 1. The van der Waals surface area contributed by atoms with Crippen LogP contribution in [-0.2, 0) is 19.1 Å². The summed E-state index contributed by atoms with van der Waals surface area (Å²) in [5, 5.41) is 21.3. The van der Waals surface area contributed by atoms with Gasteiger partial charge in [0.2, 0.25) is 11.6 Å². The molecule has 0 radical (unpaired) electrons. The van der Waals surface area contributed by atoms with E-state index in [0.29, 0.717) is 12.8 Å². The zero-order valence-electron chi connectivity index (χ0n) is 20.9. The Kier molecular flexibility index (Phi) is 6.41. The van der Waals surface area contributed by atoms with Crippen molar-refractivity contribution < 1.29 is 38.1 Å². The number of ketones is 2. The Labute approximate surface area is 204 Å². The van der Waals surface area contributed by atoms with Gasteiger partial charge in [0.05, 0.1) is 6.10 Å². The van der Waals surface area contributed by atoms with E-state index in [9.17, 15) is 29.0 Å². The number of hydrogen-bond donors (Lipinski definition) is 2. The summed E-state index contributed by atoms with van der Waals surface area (Å²) >= 11 is 0. The van der Waals surface area contributed by atoms with Crippen molar-refractivity contribution in [3.05, 3.63) is 23.6 Å². The second-order valence-electron chi connectivity index (χ2n) is 11.4. The van der Waals surface area contributed by atoms with Crippen LogP contribution in [0.5, 0.6) is 0 Å². The van der Waals surface area contributed by atoms with Crippen LogP contribution in [0.3, 0.4) is 0 Å². The maximum atomic E-state index is 17.3. The SMILES string of the molecule is CCCCC(=O)O[C@]1(C(=O)CO)C(C)C[C@H]2[C@@H]3CCC4=C(F)C(=O)C=C[C@]4(C)[C@@]3(F)C(O)C[C@@]21C. The van der Waals surface area contributed by atoms with Gasteiger partial charge in [0.15, 0.2) is 17.1 Å². The third-order valence-corrected chi connectivity index (χ3v) is 9.84. The van der Waals surface area contributed by atoms with Gasteiger partial charge in [-0.15, -0.1) is 0 Å². The van der Waals surface area contributed by atoms with E-state index in [4.69, 9.17) is 4.74 Å². The van der Waals surface area contributed by atoms with Crippen molar-refractivity contribution in [2.24, 2.45) is 28.6 Å². The number of carbonyl (C=O) groups is 3. The van der Waals surface area contributed by atoms with Gasteiger partial charge in [-0.25, -0.2) is 8.78 Å². The van der Waals surface area contributed by atoms with Crippen LogP contribution in [0.2, 0.25) is 0 Å². The molecule has 0 amide bonds. The molecule has 0 spiro atoms. The maximum Gasteiger partial charge on any atom is 0.306 e. The van der Waals surface area contributed by atoms with Crippen LogP contribution in [-0.4, -0.2) is 51.7 Å². The first-order valence-electron chi connectivity index (χ1n) is 12.7. The highest BCUT2D eigenvalue weighted by Crippen LogP contribution is 2.71. The largest absolute Gasteiger partial charge is 0.450 e. The van der Waals surface area contributed by atoms with Gasteiger partial charge in [0.1, 0.15) is 6.61 Å². The molecule has 0 saturated heterocycles. The number of esters is 1. The van der Waals surface area contributed by atoms with Gasteiger partial charge in [-0.05, 0) is 56.6 Å². The Morgan fingerprint density at radius 3 is 2.57 bits per heavy atom. The Hall–Kier alpha value is -1.93. The molecule has 3 saturated carbocycles. The zero-order valence-corrected chi connectivity index (χ0v) is 20.9. The standard InChI is InChI=1S/C27H36F2O6/c1-5-6-7-22(34)35-27(21(33)14-30)15(2)12-18-16-8-9-17-23(28)19(31)10-11-24(17,3)26(16,29)20(32)13-25(18,27)4/h10-11,15-16,18,20,30,32H,5-9,12-14H2,1-4H3/t15?,16-,18-,20?,24-,25-,26-,27-/m0/s1. The first-order chi connectivity index (χ1) is 16.3. The smallest absolute Gasteiger partial charge is 0.306 e. The fraction of sp³-hybridized carbons (Fsp3) is 0.741. The normalized spacial score (nSPS) is 44.5. The molecule has 0 aromatic heterocycles. The van der Waals surface area contributed by atoms with Crippen LogP contribution in [0.1, 0.15) is 72.6 Å². The number of hydrogen-bond acceptors (Lipinski definition) is 6. The van der Waals surface area contributed by atoms with E-state index in [2.05, 4.69) is 0 Å². The number of aliphatic hydroxyl groups is 2. The number of allylic oxidation sites excluding steroid dienone is 4. The van der Waals surface area contributed by atoms with Crippen LogP contribution in [0, 0.1) is 28.6 Å². The van der Waals surface area contributed by atoms with Crippen LogP contribution in [0.15, 0.2) is 23.6 Å². The topological polar surface area (TPSA) is 101 Å². The van der Waals surface area contributed by atoms with Crippen LogP contribution in [0.25, 0.3) is 0 Å². The van der Waals surface area contributed by atoms with Crippen molar-refractivity contribution in [1.82, 2.24) is 0 Å². The summed E-state index contributed by atoms with van der Waals surface area (Å²) in [7, 11) is 0. The minimum Gasteiger partial charge on any atom is -0.450 e. The predicted octanol–water partition coefficient (Wildman–Crippen LogP) is 3.93. The summed E-state index contributed by atoms with van der Waals surface area (Å²) in [5.74, 6) is -4.69. The van der Waals surface area contributed by atoms with E-state index in [0.717, 1.165) is 12.5 Å². The van der Waals surface area contributed by atoms with E-state index in [1.165, 1.54) is 13.0 Å². The molecular formula is C27H36F2O6. The highest BCUT2D eigenvalue weighted by atomic mass is 19.1. The number of unbranched alkanes of at least 4 members (excludes halogenated alkanes) is 1. The van der Waals surface area contributed by atoms with Crippen molar-refractivity contribution >= 4 is 17.5 Å². The molecular weight excluding hydrogens is 458 g/mol. The lowest BCUT2D eigenvalue weighted by atomic mass is 9.44. The lowest BCUT2D eigenvalue weighted by Crippen LogP contribution is -2.70. The van der Waals surface area contributed by atoms with Crippen molar-refractivity contribution in [3.63, 3.8) is 0 Å². The van der Waals surface area contributed by atoms with Crippen LogP contribution in [0.4, 0.5) is 8.78 Å². The van der Waals surface area contributed by atoms with Gasteiger partial charge in [0.25, 0.3) is 0 Å². The molecule has 6 nitrogen and oxygen atoms in total. The average Bonchev–Trinajstić information content (AvgIpc) is 3.03. The predicted molar refractivity (Wildman–Crippen MR) is 123 cm³/mol. The quantitative estimate of drug-likeness (QED) is 0.543. The summed E-state index contributed by atoms with van der Waals surface area (Å²) in [6.45, 7) is 6.14. The highest BCUT2D eigenvalue weighted by molar-refractivity contribution is 6.04. The van der Waals surface area contributed by atoms with Gasteiger partial charge in [-0.3, -0.25) is 14.4 Å². The fourth-order valence-electron chi connectivity index (χ4n) is 8.15. The summed E-state index contributed by atoms with van der Waals surface area (Å²) in [6.07, 6.45) is 2.76. The molecule has 4 aliphatic rings. The van der Waals surface area contributed by atoms with Crippen molar-refractivity contribution in [3.8, 4) is 0 Å². The molecule has 194 valence electrons. The number of carbonyl (C=O) groups excluding carboxylic acids is 3. The zero-order chi connectivity index (χ0) is 26.0. The number of rotatable bonds is 6. The van der Waals surface area contributed by atoms with Crippen molar-refractivity contribution in [1.29, 1.82) is 0 Å². The molecule has 2 unspecified atom stereocenters. The second kappa shape index (κ2) is 8.58. The van der Waals surface area contributed by atoms with E-state index in [1.54, 1.807) is 13.8 Å². The molecule has 8 atom stereocenters. The van der Waals surface area contributed by atoms with E-state index in [1.807, 2.05) is 6.92 Å².